The normalized spacial score (nSPS) is 13.3. The highest BCUT2D eigenvalue weighted by molar-refractivity contribution is 6.19. The lowest BCUT2D eigenvalue weighted by Gasteiger charge is -2.22. The molecule has 0 aliphatic rings. The lowest BCUT2D eigenvalue weighted by atomic mass is 9.84. The number of benzene rings is 2. The van der Waals surface area contributed by atoms with Crippen molar-refractivity contribution in [2.75, 3.05) is 0 Å². The standard InChI is InChI=1S/C22H22O4/c1-21(2,3)11-7-13-17-15(9-11)25-20(24)14-8-12(22(4,5)6)10-16(18(14)17)26-19(13)23/h7-10H,1-6H3. The van der Waals surface area contributed by atoms with Gasteiger partial charge in [0.1, 0.15) is 11.2 Å². The maximum atomic E-state index is 12.7. The largest absolute Gasteiger partial charge is 0.422 e. The highest BCUT2D eigenvalue weighted by Gasteiger charge is 2.24. The van der Waals surface area contributed by atoms with Crippen LogP contribution in [-0.4, -0.2) is 0 Å². The molecule has 0 saturated carbocycles. The molecule has 26 heavy (non-hydrogen) atoms. The fraction of sp³-hybridized carbons (Fsp3) is 0.364. The van der Waals surface area contributed by atoms with Gasteiger partial charge in [0, 0.05) is 10.8 Å². The lowest BCUT2D eigenvalue weighted by Crippen LogP contribution is -2.15. The first-order chi connectivity index (χ1) is 12.0. The molecule has 0 fully saturated rings. The Labute approximate surface area is 150 Å². The Kier molecular flexibility index (Phi) is 3.22. The molecular weight excluding hydrogens is 328 g/mol. The minimum absolute atomic E-state index is 0.186. The topological polar surface area (TPSA) is 60.4 Å². The molecular formula is C22H22O4. The monoisotopic (exact) mass is 350 g/mol. The van der Waals surface area contributed by atoms with E-state index >= 15 is 0 Å². The van der Waals surface area contributed by atoms with Crippen molar-refractivity contribution in [1.82, 2.24) is 0 Å². The summed E-state index contributed by atoms with van der Waals surface area (Å²) in [5, 5.41) is 2.24. The van der Waals surface area contributed by atoms with E-state index in [0.717, 1.165) is 11.1 Å². The van der Waals surface area contributed by atoms with Gasteiger partial charge in [-0.05, 0) is 46.2 Å². The molecule has 2 aromatic heterocycles. The number of hydrogen-bond donors (Lipinski definition) is 0. The van der Waals surface area contributed by atoms with Gasteiger partial charge in [0.05, 0.1) is 10.8 Å². The maximum Gasteiger partial charge on any atom is 0.344 e. The van der Waals surface area contributed by atoms with Crippen LogP contribution in [-0.2, 0) is 10.8 Å². The summed E-state index contributed by atoms with van der Waals surface area (Å²) in [6.07, 6.45) is 0. The van der Waals surface area contributed by atoms with Crippen molar-refractivity contribution < 1.29 is 8.83 Å². The van der Waals surface area contributed by atoms with E-state index in [1.807, 2.05) is 24.3 Å². The molecule has 2 aromatic carbocycles. The molecule has 0 radical (unpaired) electrons. The van der Waals surface area contributed by atoms with Crippen molar-refractivity contribution in [2.45, 2.75) is 52.4 Å². The molecule has 0 N–H and O–H groups in total. The number of hydrogen-bond acceptors (Lipinski definition) is 4. The van der Waals surface area contributed by atoms with E-state index in [0.29, 0.717) is 32.7 Å². The zero-order chi connectivity index (χ0) is 19.0. The van der Waals surface area contributed by atoms with Gasteiger partial charge in [0.25, 0.3) is 0 Å². The van der Waals surface area contributed by atoms with E-state index in [4.69, 9.17) is 8.83 Å². The number of rotatable bonds is 0. The van der Waals surface area contributed by atoms with Crippen LogP contribution in [0.15, 0.2) is 42.7 Å². The Hall–Kier alpha value is -2.62. The van der Waals surface area contributed by atoms with E-state index < -0.39 is 11.3 Å². The van der Waals surface area contributed by atoms with Gasteiger partial charge in [-0.15, -0.1) is 0 Å². The van der Waals surface area contributed by atoms with Gasteiger partial charge in [0.2, 0.25) is 0 Å². The quantitative estimate of drug-likeness (QED) is 0.327. The van der Waals surface area contributed by atoms with Crippen molar-refractivity contribution in [2.24, 2.45) is 0 Å². The van der Waals surface area contributed by atoms with Crippen molar-refractivity contribution in [3.8, 4) is 0 Å². The predicted octanol–water partition coefficient (Wildman–Crippen LogP) is 5.09. The van der Waals surface area contributed by atoms with Crippen LogP contribution in [0, 0.1) is 0 Å². The maximum absolute atomic E-state index is 12.7. The third kappa shape index (κ3) is 2.36. The van der Waals surface area contributed by atoms with E-state index in [1.54, 1.807) is 0 Å². The van der Waals surface area contributed by atoms with Gasteiger partial charge < -0.3 is 8.83 Å². The molecule has 0 aliphatic heterocycles. The molecule has 0 saturated heterocycles. The Balaban J connectivity index is 2.28. The first-order valence-electron chi connectivity index (χ1n) is 8.78. The average molecular weight is 350 g/mol. The zero-order valence-electron chi connectivity index (χ0n) is 15.9. The van der Waals surface area contributed by atoms with Gasteiger partial charge in [-0.3, -0.25) is 0 Å². The third-order valence-electron chi connectivity index (χ3n) is 5.03. The SMILES string of the molecule is CC(C)(C)c1cc2oc(=O)c3cc(C(C)(C)C)cc4oc(=O)c(c1)c2c43. The summed E-state index contributed by atoms with van der Waals surface area (Å²) in [6.45, 7) is 12.3. The zero-order valence-corrected chi connectivity index (χ0v) is 15.9. The fourth-order valence-electron chi connectivity index (χ4n) is 3.41. The molecule has 0 spiro atoms. The molecule has 4 aromatic rings. The molecule has 0 atom stereocenters. The molecule has 4 heteroatoms. The molecule has 134 valence electrons. The summed E-state index contributed by atoms with van der Waals surface area (Å²) < 4.78 is 11.3. The summed E-state index contributed by atoms with van der Waals surface area (Å²) in [5.41, 5.74) is 1.54. The summed E-state index contributed by atoms with van der Waals surface area (Å²) in [4.78, 5) is 25.4. The van der Waals surface area contributed by atoms with E-state index in [1.165, 1.54) is 0 Å². The predicted molar refractivity (Wildman–Crippen MR) is 105 cm³/mol. The molecule has 0 unspecified atom stereocenters. The fourth-order valence-corrected chi connectivity index (χ4v) is 3.41. The van der Waals surface area contributed by atoms with Crippen LogP contribution in [0.2, 0.25) is 0 Å². The van der Waals surface area contributed by atoms with Crippen molar-refractivity contribution in [3.63, 3.8) is 0 Å². The van der Waals surface area contributed by atoms with Crippen LogP contribution in [0.5, 0.6) is 0 Å². The van der Waals surface area contributed by atoms with Gasteiger partial charge in [0.15, 0.2) is 0 Å². The second-order valence-electron chi connectivity index (χ2n) is 9.07. The third-order valence-corrected chi connectivity index (χ3v) is 5.03. The highest BCUT2D eigenvalue weighted by atomic mass is 16.4. The Bertz CT molecular complexity index is 1170. The molecule has 0 aliphatic carbocycles. The van der Waals surface area contributed by atoms with Gasteiger partial charge in [-0.1, -0.05) is 41.5 Å². The summed E-state index contributed by atoms with van der Waals surface area (Å²) in [5.74, 6) is 0. The van der Waals surface area contributed by atoms with Crippen LogP contribution in [0.4, 0.5) is 0 Å². The molecule has 0 amide bonds. The minimum Gasteiger partial charge on any atom is -0.422 e. The molecule has 4 nitrogen and oxygen atoms in total. The van der Waals surface area contributed by atoms with E-state index in [-0.39, 0.29) is 10.8 Å². The van der Waals surface area contributed by atoms with Gasteiger partial charge in [-0.25, -0.2) is 9.59 Å². The minimum atomic E-state index is -0.408. The second-order valence-corrected chi connectivity index (χ2v) is 9.07. The average Bonchev–Trinajstić information content (AvgIpc) is 2.51. The van der Waals surface area contributed by atoms with Crippen molar-refractivity contribution in [1.29, 1.82) is 0 Å². The molecule has 2 heterocycles. The Morgan fingerprint density at radius 2 is 0.962 bits per heavy atom. The Morgan fingerprint density at radius 1 is 0.615 bits per heavy atom. The van der Waals surface area contributed by atoms with E-state index in [9.17, 15) is 9.59 Å². The van der Waals surface area contributed by atoms with Crippen LogP contribution in [0.3, 0.4) is 0 Å². The van der Waals surface area contributed by atoms with Gasteiger partial charge in [-0.2, -0.15) is 0 Å². The van der Waals surface area contributed by atoms with E-state index in [2.05, 4.69) is 41.5 Å². The van der Waals surface area contributed by atoms with Crippen molar-refractivity contribution in [3.05, 3.63) is 56.2 Å². The van der Waals surface area contributed by atoms with Gasteiger partial charge >= 0.3 is 11.3 Å². The molecule has 0 bridgehead atoms. The first kappa shape index (κ1) is 16.8. The first-order valence-corrected chi connectivity index (χ1v) is 8.78. The second kappa shape index (κ2) is 4.97. The van der Waals surface area contributed by atoms with Crippen LogP contribution < -0.4 is 11.3 Å². The lowest BCUT2D eigenvalue weighted by molar-refractivity contribution is 0.548. The summed E-state index contributed by atoms with van der Waals surface area (Å²) >= 11 is 0. The molecule has 4 rings (SSSR count). The van der Waals surface area contributed by atoms with Crippen LogP contribution in [0.1, 0.15) is 52.7 Å². The smallest absolute Gasteiger partial charge is 0.344 e. The Morgan fingerprint density at radius 3 is 1.27 bits per heavy atom. The summed E-state index contributed by atoms with van der Waals surface area (Å²) in [6, 6.07) is 7.43. The van der Waals surface area contributed by atoms with Crippen molar-refractivity contribution >= 4 is 32.7 Å². The van der Waals surface area contributed by atoms with Crippen LogP contribution in [0.25, 0.3) is 32.7 Å². The summed E-state index contributed by atoms with van der Waals surface area (Å²) in [7, 11) is 0. The highest BCUT2D eigenvalue weighted by Crippen LogP contribution is 2.36. The van der Waals surface area contributed by atoms with Crippen LogP contribution >= 0.6 is 0 Å².